The smallest absolute Gasteiger partial charge is 0.338 e. The van der Waals surface area contributed by atoms with Crippen molar-refractivity contribution in [1.29, 1.82) is 0 Å². The van der Waals surface area contributed by atoms with Crippen molar-refractivity contribution in [2.75, 3.05) is 52.4 Å². The summed E-state index contributed by atoms with van der Waals surface area (Å²) in [5.41, 5.74) is 1.63. The zero-order valence-electron chi connectivity index (χ0n) is 23.1. The molecule has 1 fully saturated rings. The minimum absolute atomic E-state index is 0.0865. The molecule has 212 valence electrons. The second-order valence-corrected chi connectivity index (χ2v) is 9.45. The number of ether oxygens (including phenoxy) is 2. The molecule has 0 bridgehead atoms. The molecule has 2 heterocycles. The summed E-state index contributed by atoms with van der Waals surface area (Å²) in [5.74, 6) is 0.766. The molecule has 10 nitrogen and oxygen atoms in total. The first-order chi connectivity index (χ1) is 19.4. The summed E-state index contributed by atoms with van der Waals surface area (Å²) in [6, 6.07) is 15.6. The Bertz CT molecular complexity index is 1240. The van der Waals surface area contributed by atoms with Crippen LogP contribution in [0.25, 0.3) is 0 Å². The van der Waals surface area contributed by atoms with Gasteiger partial charge in [-0.3, -0.25) is 9.80 Å². The van der Waals surface area contributed by atoms with E-state index in [1.54, 1.807) is 17.9 Å². The van der Waals surface area contributed by atoms with Gasteiger partial charge in [0.2, 0.25) is 0 Å². The molecule has 2 aliphatic heterocycles. The fourth-order valence-corrected chi connectivity index (χ4v) is 4.86. The van der Waals surface area contributed by atoms with Crippen molar-refractivity contribution in [3.63, 3.8) is 0 Å². The van der Waals surface area contributed by atoms with Gasteiger partial charge < -0.3 is 25.0 Å². The van der Waals surface area contributed by atoms with Crippen molar-refractivity contribution in [2.24, 2.45) is 0 Å². The molecule has 4 rings (SSSR count). The van der Waals surface area contributed by atoms with Gasteiger partial charge in [0.1, 0.15) is 11.5 Å². The standard InChI is InChI=1S/C30H37N5O5/c1-4-15-35-25(21-33-16-18-34(19-17-33)29(37)31-5-2)26(28(36)39-6-3)27(32-30(35)38)22-11-10-14-24(20-22)40-23-12-8-7-9-13-23/h4,7-14,20,27H,1,5-6,15-19,21H2,2-3H3,(H,31,37)(H,32,38). The number of piperazine rings is 1. The van der Waals surface area contributed by atoms with E-state index in [1.165, 1.54) is 4.90 Å². The molecule has 2 N–H and O–H groups in total. The molecule has 4 amide bonds. The minimum Gasteiger partial charge on any atom is -0.463 e. The number of esters is 1. The normalized spacial score (nSPS) is 17.8. The summed E-state index contributed by atoms with van der Waals surface area (Å²) < 4.78 is 11.5. The van der Waals surface area contributed by atoms with Crippen molar-refractivity contribution in [3.05, 3.63) is 84.1 Å². The minimum atomic E-state index is -0.737. The largest absolute Gasteiger partial charge is 0.463 e. The lowest BCUT2D eigenvalue weighted by molar-refractivity contribution is -0.139. The molecule has 2 aromatic carbocycles. The highest BCUT2D eigenvalue weighted by Crippen LogP contribution is 2.34. The summed E-state index contributed by atoms with van der Waals surface area (Å²) >= 11 is 0. The Morgan fingerprint density at radius 2 is 1.77 bits per heavy atom. The molecule has 2 aliphatic rings. The van der Waals surface area contributed by atoms with Crippen LogP contribution in [0, 0.1) is 0 Å². The lowest BCUT2D eigenvalue weighted by Crippen LogP contribution is -2.55. The fraction of sp³-hybridized carbons (Fsp3) is 0.367. The first kappa shape index (κ1) is 28.7. The van der Waals surface area contributed by atoms with Gasteiger partial charge in [-0.1, -0.05) is 36.4 Å². The lowest BCUT2D eigenvalue weighted by Gasteiger charge is -2.40. The summed E-state index contributed by atoms with van der Waals surface area (Å²) in [4.78, 5) is 44.6. The predicted octanol–water partition coefficient (Wildman–Crippen LogP) is 3.90. The molecule has 0 saturated carbocycles. The maximum atomic E-state index is 13.5. The van der Waals surface area contributed by atoms with Gasteiger partial charge in [0.05, 0.1) is 18.2 Å². The van der Waals surface area contributed by atoms with Crippen LogP contribution in [0.2, 0.25) is 0 Å². The number of nitrogens with one attached hydrogen (secondary N) is 2. The molecular formula is C30H37N5O5. The summed E-state index contributed by atoms with van der Waals surface area (Å²) in [6.07, 6.45) is 1.63. The van der Waals surface area contributed by atoms with Crippen molar-refractivity contribution < 1.29 is 23.9 Å². The Balaban J connectivity index is 1.67. The highest BCUT2D eigenvalue weighted by Gasteiger charge is 2.39. The monoisotopic (exact) mass is 547 g/mol. The Kier molecular flexibility index (Phi) is 9.80. The number of rotatable bonds is 10. The molecule has 0 spiro atoms. The molecular weight excluding hydrogens is 510 g/mol. The predicted molar refractivity (Wildman–Crippen MR) is 152 cm³/mol. The zero-order valence-corrected chi connectivity index (χ0v) is 23.1. The van der Waals surface area contributed by atoms with Gasteiger partial charge in [0.15, 0.2) is 0 Å². The number of carbonyl (C=O) groups is 3. The molecule has 10 heteroatoms. The average molecular weight is 548 g/mol. The zero-order chi connectivity index (χ0) is 28.5. The fourth-order valence-electron chi connectivity index (χ4n) is 4.86. The van der Waals surface area contributed by atoms with E-state index in [4.69, 9.17) is 9.47 Å². The van der Waals surface area contributed by atoms with Gasteiger partial charge in [0, 0.05) is 51.5 Å². The number of para-hydroxylation sites is 1. The Hall–Kier alpha value is -4.31. The second kappa shape index (κ2) is 13.7. The van der Waals surface area contributed by atoms with Crippen LogP contribution >= 0.6 is 0 Å². The van der Waals surface area contributed by atoms with E-state index in [0.717, 1.165) is 0 Å². The van der Waals surface area contributed by atoms with Crippen LogP contribution < -0.4 is 15.4 Å². The third kappa shape index (κ3) is 6.81. The summed E-state index contributed by atoms with van der Waals surface area (Å²) in [5, 5.41) is 5.83. The molecule has 1 unspecified atom stereocenters. The van der Waals surface area contributed by atoms with Gasteiger partial charge in [-0.2, -0.15) is 0 Å². The van der Waals surface area contributed by atoms with Crippen LogP contribution in [0.3, 0.4) is 0 Å². The average Bonchev–Trinajstić information content (AvgIpc) is 2.96. The van der Waals surface area contributed by atoms with Crippen molar-refractivity contribution >= 4 is 18.0 Å². The Labute approximate surface area is 235 Å². The lowest BCUT2D eigenvalue weighted by atomic mass is 9.93. The van der Waals surface area contributed by atoms with Gasteiger partial charge in [-0.15, -0.1) is 6.58 Å². The highest BCUT2D eigenvalue weighted by molar-refractivity contribution is 5.95. The molecule has 1 saturated heterocycles. The van der Waals surface area contributed by atoms with Crippen LogP contribution in [0.5, 0.6) is 11.5 Å². The first-order valence-electron chi connectivity index (χ1n) is 13.6. The maximum Gasteiger partial charge on any atom is 0.338 e. The van der Waals surface area contributed by atoms with Crippen LogP contribution in [-0.2, 0) is 9.53 Å². The van der Waals surface area contributed by atoms with E-state index in [9.17, 15) is 14.4 Å². The molecule has 2 aromatic rings. The number of hydrogen-bond donors (Lipinski definition) is 2. The van der Waals surface area contributed by atoms with Crippen LogP contribution in [0.15, 0.2) is 78.5 Å². The number of carbonyl (C=O) groups excluding carboxylic acids is 3. The van der Waals surface area contributed by atoms with Crippen molar-refractivity contribution in [1.82, 2.24) is 25.3 Å². The van der Waals surface area contributed by atoms with Crippen molar-refractivity contribution in [3.8, 4) is 11.5 Å². The van der Waals surface area contributed by atoms with Gasteiger partial charge in [-0.05, 0) is 43.7 Å². The number of urea groups is 2. The van der Waals surface area contributed by atoms with E-state index in [1.807, 2.05) is 61.5 Å². The molecule has 40 heavy (non-hydrogen) atoms. The van der Waals surface area contributed by atoms with E-state index in [2.05, 4.69) is 22.1 Å². The SMILES string of the molecule is C=CCN1C(=O)NC(c2cccc(Oc3ccccc3)c2)C(C(=O)OCC)=C1CN1CCN(C(=O)NCC)CC1. The number of hydrogen-bond acceptors (Lipinski definition) is 6. The van der Waals surface area contributed by atoms with Crippen LogP contribution in [-0.4, -0.2) is 85.2 Å². The van der Waals surface area contributed by atoms with E-state index >= 15 is 0 Å². The van der Waals surface area contributed by atoms with E-state index < -0.39 is 12.0 Å². The topological polar surface area (TPSA) is 103 Å². The summed E-state index contributed by atoms with van der Waals surface area (Å²) in [6.45, 7) is 11.1. The van der Waals surface area contributed by atoms with Gasteiger partial charge in [-0.25, -0.2) is 14.4 Å². The van der Waals surface area contributed by atoms with Gasteiger partial charge in [0.25, 0.3) is 0 Å². The quantitative estimate of drug-likeness (QED) is 0.346. The Morgan fingerprint density at radius 3 is 2.45 bits per heavy atom. The van der Waals surface area contributed by atoms with Gasteiger partial charge >= 0.3 is 18.0 Å². The number of amides is 4. The Morgan fingerprint density at radius 1 is 1.05 bits per heavy atom. The van der Waals surface area contributed by atoms with Crippen molar-refractivity contribution in [2.45, 2.75) is 19.9 Å². The second-order valence-electron chi connectivity index (χ2n) is 9.45. The number of benzene rings is 2. The van der Waals surface area contributed by atoms with E-state index in [-0.39, 0.29) is 25.2 Å². The summed E-state index contributed by atoms with van der Waals surface area (Å²) in [7, 11) is 0. The van der Waals surface area contributed by atoms with Crippen LogP contribution in [0.1, 0.15) is 25.5 Å². The third-order valence-electron chi connectivity index (χ3n) is 6.78. The molecule has 0 aliphatic carbocycles. The molecule has 0 radical (unpaired) electrons. The first-order valence-corrected chi connectivity index (χ1v) is 13.6. The number of nitrogens with zero attached hydrogens (tertiary/aromatic N) is 3. The highest BCUT2D eigenvalue weighted by atomic mass is 16.5. The molecule has 0 aromatic heterocycles. The van der Waals surface area contributed by atoms with Crippen LogP contribution in [0.4, 0.5) is 9.59 Å². The maximum absolute atomic E-state index is 13.5. The molecule has 1 atom stereocenters. The van der Waals surface area contributed by atoms with E-state index in [0.29, 0.717) is 67.6 Å². The third-order valence-corrected chi connectivity index (χ3v) is 6.78.